The fourth-order valence-electron chi connectivity index (χ4n) is 6.66. The van der Waals surface area contributed by atoms with Gasteiger partial charge < -0.3 is 9.13 Å². The van der Waals surface area contributed by atoms with Crippen molar-refractivity contribution < 1.29 is 0 Å². The molecular weight excluding hydrogens is 472 g/mol. The highest BCUT2D eigenvalue weighted by atomic mass is 15.0. The van der Waals surface area contributed by atoms with Crippen LogP contribution in [0.4, 0.5) is 0 Å². The van der Waals surface area contributed by atoms with Crippen LogP contribution in [0.1, 0.15) is 31.2 Å². The lowest BCUT2D eigenvalue weighted by molar-refractivity contribution is 0.935. The van der Waals surface area contributed by atoms with Crippen molar-refractivity contribution in [1.82, 2.24) is 9.13 Å². The van der Waals surface area contributed by atoms with E-state index >= 15 is 0 Å². The number of benzene rings is 4. The molecule has 0 aliphatic heterocycles. The second-order valence-electron chi connectivity index (χ2n) is 10.9. The zero-order valence-corrected chi connectivity index (χ0v) is 22.2. The summed E-state index contributed by atoms with van der Waals surface area (Å²) in [7, 11) is 0. The predicted octanol–water partition coefficient (Wildman–Crippen LogP) is 8.26. The molecular formula is C37H30N2. The zero-order valence-electron chi connectivity index (χ0n) is 22.2. The SMILES string of the molecule is Cc1cccc(-n2c3ccccc3c3ccc(-c4ccc5c(c4)c4c(n5C5=CC=CCC5)=CCCC=4)cc32)c1. The van der Waals surface area contributed by atoms with Crippen molar-refractivity contribution >= 4 is 50.6 Å². The molecule has 2 aliphatic rings. The van der Waals surface area contributed by atoms with Gasteiger partial charge in [-0.3, -0.25) is 0 Å². The Balaban J connectivity index is 1.37. The largest absolute Gasteiger partial charge is 0.313 e. The van der Waals surface area contributed by atoms with E-state index in [1.807, 2.05) is 0 Å². The van der Waals surface area contributed by atoms with Crippen LogP contribution in [0.25, 0.3) is 67.4 Å². The van der Waals surface area contributed by atoms with Gasteiger partial charge in [0.2, 0.25) is 0 Å². The monoisotopic (exact) mass is 502 g/mol. The van der Waals surface area contributed by atoms with Gasteiger partial charge in [-0.1, -0.05) is 72.8 Å². The van der Waals surface area contributed by atoms with Gasteiger partial charge in [0.05, 0.1) is 16.6 Å². The molecule has 2 heteroatoms. The van der Waals surface area contributed by atoms with E-state index in [-0.39, 0.29) is 0 Å². The molecule has 0 saturated heterocycles. The quantitative estimate of drug-likeness (QED) is 0.231. The van der Waals surface area contributed by atoms with Crippen LogP contribution >= 0.6 is 0 Å². The minimum atomic E-state index is 1.09. The van der Waals surface area contributed by atoms with Crippen molar-refractivity contribution in [3.8, 4) is 16.8 Å². The lowest BCUT2D eigenvalue weighted by Gasteiger charge is -2.14. The Labute approximate surface area is 228 Å². The topological polar surface area (TPSA) is 9.86 Å². The fraction of sp³-hybridized carbons (Fsp3) is 0.135. The maximum atomic E-state index is 2.51. The number of aryl methyl sites for hydroxylation is 1. The number of allylic oxidation sites excluding steroid dienone is 4. The molecule has 6 aromatic rings. The van der Waals surface area contributed by atoms with Crippen LogP contribution in [0.3, 0.4) is 0 Å². The number of nitrogens with zero attached hydrogens (tertiary/aromatic N) is 2. The number of para-hydroxylation sites is 1. The molecule has 0 atom stereocenters. The average molecular weight is 503 g/mol. The van der Waals surface area contributed by atoms with Gasteiger partial charge in [0.1, 0.15) is 0 Å². The van der Waals surface area contributed by atoms with Crippen LogP contribution in [-0.2, 0) is 0 Å². The summed E-state index contributed by atoms with van der Waals surface area (Å²) in [5, 5.41) is 6.70. The van der Waals surface area contributed by atoms with E-state index in [1.54, 1.807) is 0 Å². The van der Waals surface area contributed by atoms with Crippen molar-refractivity contribution in [3.63, 3.8) is 0 Å². The van der Waals surface area contributed by atoms with Crippen molar-refractivity contribution in [3.05, 3.63) is 119 Å². The van der Waals surface area contributed by atoms with Crippen LogP contribution < -0.4 is 10.6 Å². The summed E-state index contributed by atoms with van der Waals surface area (Å²) in [6, 6.07) is 31.6. The Morgan fingerprint density at radius 2 is 1.44 bits per heavy atom. The Morgan fingerprint density at radius 1 is 0.615 bits per heavy atom. The Morgan fingerprint density at radius 3 is 2.33 bits per heavy atom. The Bertz CT molecular complexity index is 2130. The second-order valence-corrected chi connectivity index (χ2v) is 10.9. The highest BCUT2D eigenvalue weighted by Crippen LogP contribution is 2.35. The molecule has 2 aromatic heterocycles. The van der Waals surface area contributed by atoms with Gasteiger partial charge in [0, 0.05) is 38.1 Å². The van der Waals surface area contributed by atoms with Gasteiger partial charge >= 0.3 is 0 Å². The molecule has 188 valence electrons. The highest BCUT2D eigenvalue weighted by molar-refractivity contribution is 6.10. The van der Waals surface area contributed by atoms with E-state index in [0.717, 1.165) is 25.7 Å². The highest BCUT2D eigenvalue weighted by Gasteiger charge is 2.16. The van der Waals surface area contributed by atoms with Gasteiger partial charge in [-0.2, -0.15) is 0 Å². The third kappa shape index (κ3) is 3.48. The van der Waals surface area contributed by atoms with Crippen LogP contribution in [-0.4, -0.2) is 9.13 Å². The van der Waals surface area contributed by atoms with Crippen LogP contribution in [0.5, 0.6) is 0 Å². The van der Waals surface area contributed by atoms with E-state index in [1.165, 1.54) is 71.4 Å². The second kappa shape index (κ2) is 8.74. The Kier molecular flexibility index (Phi) is 5.03. The summed E-state index contributed by atoms with van der Waals surface area (Å²) < 4.78 is 4.93. The lowest BCUT2D eigenvalue weighted by Crippen LogP contribution is -2.30. The van der Waals surface area contributed by atoms with Gasteiger partial charge in [0.25, 0.3) is 0 Å². The smallest absolute Gasteiger partial charge is 0.0547 e. The minimum absolute atomic E-state index is 1.09. The summed E-state index contributed by atoms with van der Waals surface area (Å²) in [6.07, 6.45) is 16.0. The molecule has 0 spiro atoms. The number of fused-ring (bicyclic) bond motifs is 6. The average Bonchev–Trinajstić information content (AvgIpc) is 3.50. The molecule has 0 N–H and O–H groups in total. The van der Waals surface area contributed by atoms with E-state index in [4.69, 9.17) is 0 Å². The molecule has 0 saturated carbocycles. The normalized spacial score (nSPS) is 14.8. The van der Waals surface area contributed by atoms with Crippen LogP contribution in [0.15, 0.2) is 103 Å². The summed E-state index contributed by atoms with van der Waals surface area (Å²) >= 11 is 0. The first-order chi connectivity index (χ1) is 19.3. The van der Waals surface area contributed by atoms with Crippen molar-refractivity contribution in [2.24, 2.45) is 0 Å². The molecule has 2 nitrogen and oxygen atoms in total. The first-order valence-corrected chi connectivity index (χ1v) is 14.1. The third-order valence-corrected chi connectivity index (χ3v) is 8.44. The third-order valence-electron chi connectivity index (χ3n) is 8.44. The van der Waals surface area contributed by atoms with E-state index in [0.29, 0.717) is 0 Å². The van der Waals surface area contributed by atoms with Gasteiger partial charge in [0.15, 0.2) is 0 Å². The van der Waals surface area contributed by atoms with E-state index in [2.05, 4.69) is 131 Å². The van der Waals surface area contributed by atoms with Gasteiger partial charge in [-0.15, -0.1) is 0 Å². The number of rotatable bonds is 3. The molecule has 39 heavy (non-hydrogen) atoms. The molecule has 0 bridgehead atoms. The number of hydrogen-bond donors (Lipinski definition) is 0. The van der Waals surface area contributed by atoms with Crippen molar-refractivity contribution in [2.45, 2.75) is 32.6 Å². The number of hydrogen-bond acceptors (Lipinski definition) is 0. The Hall–Kier alpha value is -4.56. The molecule has 0 radical (unpaired) electrons. The maximum Gasteiger partial charge on any atom is 0.0547 e. The van der Waals surface area contributed by atoms with Gasteiger partial charge in [-0.25, -0.2) is 0 Å². The van der Waals surface area contributed by atoms with Crippen LogP contribution in [0, 0.1) is 6.92 Å². The number of aromatic nitrogens is 2. The van der Waals surface area contributed by atoms with E-state index in [9.17, 15) is 0 Å². The lowest BCUT2D eigenvalue weighted by atomic mass is 10.0. The molecule has 0 fully saturated rings. The molecule has 0 unspecified atom stereocenters. The molecule has 4 aromatic carbocycles. The predicted molar refractivity (Wildman–Crippen MR) is 167 cm³/mol. The molecule has 2 heterocycles. The summed E-state index contributed by atoms with van der Waals surface area (Å²) in [5.41, 5.74) is 10.2. The zero-order chi connectivity index (χ0) is 25.9. The van der Waals surface area contributed by atoms with E-state index < -0.39 is 0 Å². The van der Waals surface area contributed by atoms with Crippen LogP contribution in [0.2, 0.25) is 0 Å². The molecule has 8 rings (SSSR count). The fourth-order valence-corrected chi connectivity index (χ4v) is 6.66. The summed E-state index contributed by atoms with van der Waals surface area (Å²) in [4.78, 5) is 0. The summed E-state index contributed by atoms with van der Waals surface area (Å²) in [5.74, 6) is 0. The maximum absolute atomic E-state index is 2.51. The van der Waals surface area contributed by atoms with Crippen molar-refractivity contribution in [2.75, 3.05) is 0 Å². The summed E-state index contributed by atoms with van der Waals surface area (Å²) in [6.45, 7) is 2.17. The first-order valence-electron chi connectivity index (χ1n) is 14.1. The standard InChI is InChI=1S/C37H30N2/c1-25-10-9-13-29(22-25)39-34-16-7-5-14-30(34)32-20-18-27(24-37(32)39)26-19-21-36-33(23-26)31-15-6-8-17-35(31)38(36)28-11-3-2-4-12-28/h2-3,5,7,9-11,13-24H,4,6,8,12H2,1H3. The minimum Gasteiger partial charge on any atom is -0.313 e. The molecule has 0 amide bonds. The first kappa shape index (κ1) is 22.4. The molecule has 2 aliphatic carbocycles. The van der Waals surface area contributed by atoms with Gasteiger partial charge in [-0.05, 0) is 91.8 Å². The van der Waals surface area contributed by atoms with Crippen molar-refractivity contribution in [1.29, 1.82) is 0 Å².